The van der Waals surface area contributed by atoms with Gasteiger partial charge < -0.3 is 14.9 Å². The number of hydrogen-bond donors (Lipinski definition) is 1. The largest absolute Gasteiger partial charge is 0.493 e. The fourth-order valence-corrected chi connectivity index (χ4v) is 2.96. The number of benzene rings is 1. The average Bonchev–Trinajstić information content (AvgIpc) is 2.37. The van der Waals surface area contributed by atoms with E-state index in [1.54, 1.807) is 0 Å². The van der Waals surface area contributed by atoms with E-state index < -0.39 is 8.32 Å². The van der Waals surface area contributed by atoms with Gasteiger partial charge in [0.25, 0.3) is 0 Å². The van der Waals surface area contributed by atoms with Crippen molar-refractivity contribution in [3.05, 3.63) is 28.7 Å². The van der Waals surface area contributed by atoms with Crippen molar-refractivity contribution in [3.63, 3.8) is 0 Å². The molecule has 0 aromatic heterocycles. The first kappa shape index (κ1) is 18.7. The van der Waals surface area contributed by atoms with Gasteiger partial charge in [-0.05, 0) is 36.3 Å². The van der Waals surface area contributed by atoms with Gasteiger partial charge in [-0.25, -0.2) is 0 Å². The topological polar surface area (TPSA) is 44.5 Å². The maximum atomic E-state index is 6.23. The zero-order valence-corrected chi connectivity index (χ0v) is 16.4. The molecule has 1 rings (SSSR count). The zero-order valence-electron chi connectivity index (χ0n) is 13.8. The van der Waals surface area contributed by atoms with E-state index in [1.807, 2.05) is 24.3 Å². The van der Waals surface area contributed by atoms with Crippen LogP contribution in [-0.2, 0) is 4.43 Å². The summed E-state index contributed by atoms with van der Waals surface area (Å²) in [7, 11) is -1.72. The summed E-state index contributed by atoms with van der Waals surface area (Å²) in [5, 5.41) is 0.220. The molecule has 0 fully saturated rings. The van der Waals surface area contributed by atoms with Crippen LogP contribution >= 0.6 is 15.9 Å². The molecular weight excluding hydrogens is 346 g/mol. The van der Waals surface area contributed by atoms with E-state index in [0.717, 1.165) is 10.2 Å². The highest BCUT2D eigenvalue weighted by atomic mass is 79.9. The van der Waals surface area contributed by atoms with E-state index in [1.165, 1.54) is 0 Å². The molecule has 1 atom stereocenters. The number of nitrogens with two attached hydrogens (primary N) is 1. The van der Waals surface area contributed by atoms with Crippen molar-refractivity contribution in [2.75, 3.05) is 19.8 Å². The Morgan fingerprint density at radius 1 is 1.24 bits per heavy atom. The Morgan fingerprint density at radius 2 is 1.90 bits per heavy atom. The molecule has 0 amide bonds. The highest BCUT2D eigenvalue weighted by molar-refractivity contribution is 9.10. The zero-order chi connectivity index (χ0) is 16.1. The molecule has 0 aliphatic carbocycles. The minimum atomic E-state index is -1.72. The van der Waals surface area contributed by atoms with Crippen molar-refractivity contribution >= 4 is 24.2 Å². The smallest absolute Gasteiger partial charge is 0.191 e. The van der Waals surface area contributed by atoms with Crippen molar-refractivity contribution in [2.24, 2.45) is 11.7 Å². The van der Waals surface area contributed by atoms with E-state index in [2.05, 4.69) is 49.8 Å². The van der Waals surface area contributed by atoms with Crippen molar-refractivity contribution in [1.29, 1.82) is 0 Å². The molecule has 0 unspecified atom stereocenters. The molecule has 3 nitrogen and oxygen atoms in total. The molecule has 1 aromatic rings. The molecule has 0 aliphatic rings. The molecule has 120 valence electrons. The van der Waals surface area contributed by atoms with E-state index in [9.17, 15) is 0 Å². The van der Waals surface area contributed by atoms with Crippen LogP contribution in [-0.4, -0.2) is 28.1 Å². The molecule has 0 saturated heterocycles. The SMILES string of the molecule is CC(C)(C)[Si](C)(C)OC[C@@H](CN)COc1cccc(Br)c1. The van der Waals surface area contributed by atoms with Crippen LogP contribution in [0.3, 0.4) is 0 Å². The summed E-state index contributed by atoms with van der Waals surface area (Å²) in [6.07, 6.45) is 0. The third-order valence-corrected chi connectivity index (χ3v) is 9.10. The summed E-state index contributed by atoms with van der Waals surface area (Å²) >= 11 is 3.44. The first-order valence-electron chi connectivity index (χ1n) is 7.38. The van der Waals surface area contributed by atoms with Crippen LogP contribution < -0.4 is 10.5 Å². The average molecular weight is 374 g/mol. The Bertz CT molecular complexity index is 446. The monoisotopic (exact) mass is 373 g/mol. The van der Waals surface area contributed by atoms with Crippen LogP contribution in [0.15, 0.2) is 28.7 Å². The van der Waals surface area contributed by atoms with Gasteiger partial charge in [-0.3, -0.25) is 0 Å². The first-order chi connectivity index (χ1) is 9.65. The minimum absolute atomic E-state index is 0.220. The van der Waals surface area contributed by atoms with Crippen LogP contribution in [0.2, 0.25) is 18.1 Å². The third-order valence-electron chi connectivity index (χ3n) is 4.10. The molecule has 0 aliphatic heterocycles. The fraction of sp³-hybridized carbons (Fsp3) is 0.625. The van der Waals surface area contributed by atoms with Gasteiger partial charge >= 0.3 is 0 Å². The van der Waals surface area contributed by atoms with Gasteiger partial charge in [-0.1, -0.05) is 42.8 Å². The predicted octanol–water partition coefficient (Wildman–Crippen LogP) is 4.42. The lowest BCUT2D eigenvalue weighted by atomic mass is 10.2. The van der Waals surface area contributed by atoms with Gasteiger partial charge in [0.15, 0.2) is 8.32 Å². The van der Waals surface area contributed by atoms with E-state index in [4.69, 9.17) is 14.9 Å². The van der Waals surface area contributed by atoms with Gasteiger partial charge in [-0.2, -0.15) is 0 Å². The van der Waals surface area contributed by atoms with Crippen molar-refractivity contribution < 1.29 is 9.16 Å². The summed E-state index contributed by atoms with van der Waals surface area (Å²) < 4.78 is 13.1. The van der Waals surface area contributed by atoms with Gasteiger partial charge in [0, 0.05) is 23.5 Å². The summed E-state index contributed by atoms with van der Waals surface area (Å²) in [5.74, 6) is 1.08. The van der Waals surface area contributed by atoms with Crippen LogP contribution in [0.5, 0.6) is 5.75 Å². The lowest BCUT2D eigenvalue weighted by Crippen LogP contribution is -2.43. The Balaban J connectivity index is 2.49. The first-order valence-corrected chi connectivity index (χ1v) is 11.1. The highest BCUT2D eigenvalue weighted by Crippen LogP contribution is 2.36. The second-order valence-corrected chi connectivity index (χ2v) is 12.7. The Kier molecular flexibility index (Phi) is 6.91. The number of halogens is 1. The molecule has 0 bridgehead atoms. The van der Waals surface area contributed by atoms with E-state index >= 15 is 0 Å². The van der Waals surface area contributed by atoms with Crippen LogP contribution in [0, 0.1) is 5.92 Å². The standard InChI is InChI=1S/C16H28BrNO2Si/c1-16(2,3)21(4,5)20-12-13(10-18)11-19-15-8-6-7-14(17)9-15/h6-9,13H,10-12,18H2,1-5H3/t13-/m0/s1. The second kappa shape index (κ2) is 7.77. The molecule has 0 heterocycles. The molecule has 0 saturated carbocycles. The van der Waals surface area contributed by atoms with E-state index in [-0.39, 0.29) is 11.0 Å². The van der Waals surface area contributed by atoms with E-state index in [0.29, 0.717) is 19.8 Å². The molecule has 1 aromatic carbocycles. The van der Waals surface area contributed by atoms with Gasteiger partial charge in [0.1, 0.15) is 5.75 Å². The summed E-state index contributed by atoms with van der Waals surface area (Å²) in [6, 6.07) is 7.85. The third kappa shape index (κ3) is 6.10. The summed E-state index contributed by atoms with van der Waals surface area (Å²) in [4.78, 5) is 0. The number of hydrogen-bond acceptors (Lipinski definition) is 3. The molecular formula is C16H28BrNO2Si. The van der Waals surface area contributed by atoms with Crippen molar-refractivity contribution in [1.82, 2.24) is 0 Å². The maximum absolute atomic E-state index is 6.23. The Labute approximate surface area is 138 Å². The molecule has 0 radical (unpaired) electrons. The minimum Gasteiger partial charge on any atom is -0.493 e. The number of rotatable bonds is 7. The molecule has 5 heteroatoms. The molecule has 0 spiro atoms. The summed E-state index contributed by atoms with van der Waals surface area (Å²) in [6.45, 7) is 13.1. The fourth-order valence-electron chi connectivity index (χ4n) is 1.50. The van der Waals surface area contributed by atoms with Gasteiger partial charge in [0.05, 0.1) is 6.61 Å². The van der Waals surface area contributed by atoms with Gasteiger partial charge in [0.2, 0.25) is 0 Å². The van der Waals surface area contributed by atoms with Crippen molar-refractivity contribution in [2.45, 2.75) is 38.9 Å². The maximum Gasteiger partial charge on any atom is 0.191 e. The normalized spacial score (nSPS) is 14.0. The predicted molar refractivity (Wildman–Crippen MR) is 95.3 cm³/mol. The lowest BCUT2D eigenvalue weighted by molar-refractivity contribution is 0.170. The van der Waals surface area contributed by atoms with Crippen LogP contribution in [0.25, 0.3) is 0 Å². The van der Waals surface area contributed by atoms with Crippen molar-refractivity contribution in [3.8, 4) is 5.75 Å². The Hall–Kier alpha value is -0.363. The van der Waals surface area contributed by atoms with Crippen LogP contribution in [0.1, 0.15) is 20.8 Å². The molecule has 21 heavy (non-hydrogen) atoms. The highest BCUT2D eigenvalue weighted by Gasteiger charge is 2.37. The quantitative estimate of drug-likeness (QED) is 0.719. The summed E-state index contributed by atoms with van der Waals surface area (Å²) in [5.41, 5.74) is 5.85. The second-order valence-electron chi connectivity index (χ2n) is 6.94. The van der Waals surface area contributed by atoms with Gasteiger partial charge in [-0.15, -0.1) is 0 Å². The Morgan fingerprint density at radius 3 is 2.43 bits per heavy atom. The van der Waals surface area contributed by atoms with Crippen LogP contribution in [0.4, 0.5) is 0 Å². The molecule has 2 N–H and O–H groups in total. The lowest BCUT2D eigenvalue weighted by Gasteiger charge is -2.37. The number of ether oxygens (including phenoxy) is 1.